The third-order valence-corrected chi connectivity index (χ3v) is 3.89. The summed E-state index contributed by atoms with van der Waals surface area (Å²) < 4.78 is 0.934. The van der Waals surface area contributed by atoms with Gasteiger partial charge in [0.15, 0.2) is 0 Å². The van der Waals surface area contributed by atoms with Gasteiger partial charge in [-0.2, -0.15) is 0 Å². The Morgan fingerprint density at radius 2 is 2.19 bits per heavy atom. The van der Waals surface area contributed by atoms with E-state index in [0.29, 0.717) is 6.04 Å². The molecule has 0 amide bonds. The Labute approximate surface area is 110 Å². The minimum Gasteiger partial charge on any atom is -0.397 e. The summed E-state index contributed by atoms with van der Waals surface area (Å²) in [6.45, 7) is 3.28. The van der Waals surface area contributed by atoms with Crippen LogP contribution in [0.3, 0.4) is 0 Å². The maximum absolute atomic E-state index is 6.28. The van der Waals surface area contributed by atoms with Gasteiger partial charge in [-0.15, -0.1) is 0 Å². The van der Waals surface area contributed by atoms with E-state index in [9.17, 15) is 0 Å². The van der Waals surface area contributed by atoms with Gasteiger partial charge in [-0.05, 0) is 38.3 Å². The molecule has 0 saturated carbocycles. The SMILES string of the molecule is C[C@@H]1CCCCN1c1c(N)cc(Br)cc1Cl. The molecule has 0 spiro atoms. The van der Waals surface area contributed by atoms with Crippen molar-refractivity contribution in [3.8, 4) is 0 Å². The van der Waals surface area contributed by atoms with E-state index in [-0.39, 0.29) is 0 Å². The molecule has 2 nitrogen and oxygen atoms in total. The second kappa shape index (κ2) is 4.84. The molecular weight excluding hydrogens is 288 g/mol. The predicted octanol–water partition coefficient (Wildman–Crippen LogP) is 4.06. The van der Waals surface area contributed by atoms with Gasteiger partial charge >= 0.3 is 0 Å². The van der Waals surface area contributed by atoms with Crippen LogP contribution in [-0.4, -0.2) is 12.6 Å². The fourth-order valence-electron chi connectivity index (χ4n) is 2.32. The van der Waals surface area contributed by atoms with Crippen molar-refractivity contribution in [1.29, 1.82) is 0 Å². The molecule has 1 atom stereocenters. The number of piperidine rings is 1. The molecular formula is C12H16BrClN2. The molecule has 0 bridgehead atoms. The Balaban J connectivity index is 2.38. The molecule has 0 aromatic heterocycles. The van der Waals surface area contributed by atoms with Crippen molar-refractivity contribution in [2.24, 2.45) is 0 Å². The third-order valence-electron chi connectivity index (χ3n) is 3.15. The van der Waals surface area contributed by atoms with Crippen LogP contribution in [0.15, 0.2) is 16.6 Å². The van der Waals surface area contributed by atoms with Gasteiger partial charge in [0.25, 0.3) is 0 Å². The number of rotatable bonds is 1. The fraction of sp³-hybridized carbons (Fsp3) is 0.500. The number of hydrogen-bond acceptors (Lipinski definition) is 2. The molecule has 1 saturated heterocycles. The lowest BCUT2D eigenvalue weighted by atomic mass is 10.0. The van der Waals surface area contributed by atoms with Crippen LogP contribution in [0.4, 0.5) is 11.4 Å². The molecule has 2 N–H and O–H groups in total. The highest BCUT2D eigenvalue weighted by Crippen LogP contribution is 2.38. The van der Waals surface area contributed by atoms with E-state index >= 15 is 0 Å². The fourth-order valence-corrected chi connectivity index (χ4v) is 3.26. The van der Waals surface area contributed by atoms with E-state index in [1.165, 1.54) is 19.3 Å². The first kappa shape index (κ1) is 12.1. The molecule has 1 aromatic rings. The monoisotopic (exact) mass is 302 g/mol. The summed E-state index contributed by atoms with van der Waals surface area (Å²) in [7, 11) is 0. The summed E-state index contributed by atoms with van der Waals surface area (Å²) >= 11 is 9.69. The summed E-state index contributed by atoms with van der Waals surface area (Å²) in [6.07, 6.45) is 3.73. The average molecular weight is 304 g/mol. The number of anilines is 2. The topological polar surface area (TPSA) is 29.3 Å². The van der Waals surface area contributed by atoms with Gasteiger partial charge in [-0.25, -0.2) is 0 Å². The lowest BCUT2D eigenvalue weighted by Crippen LogP contribution is -2.38. The van der Waals surface area contributed by atoms with Gasteiger partial charge in [0.05, 0.1) is 16.4 Å². The van der Waals surface area contributed by atoms with Crippen LogP contribution in [0.2, 0.25) is 5.02 Å². The summed E-state index contributed by atoms with van der Waals surface area (Å²) in [4.78, 5) is 2.33. The first-order valence-corrected chi connectivity index (χ1v) is 6.78. The third kappa shape index (κ3) is 2.30. The predicted molar refractivity (Wildman–Crippen MR) is 74.2 cm³/mol. The number of hydrogen-bond donors (Lipinski definition) is 1. The van der Waals surface area contributed by atoms with Gasteiger partial charge in [0.2, 0.25) is 0 Å². The molecule has 0 aliphatic carbocycles. The van der Waals surface area contributed by atoms with Crippen molar-refractivity contribution >= 4 is 38.9 Å². The van der Waals surface area contributed by atoms with Crippen molar-refractivity contribution in [3.05, 3.63) is 21.6 Å². The number of halogens is 2. The first-order valence-electron chi connectivity index (χ1n) is 5.60. The molecule has 1 aliphatic rings. The van der Waals surface area contributed by atoms with Crippen LogP contribution in [0.25, 0.3) is 0 Å². The normalized spacial score (nSPS) is 21.2. The van der Waals surface area contributed by atoms with Crippen molar-refractivity contribution in [1.82, 2.24) is 0 Å². The summed E-state index contributed by atoms with van der Waals surface area (Å²) in [5.74, 6) is 0. The molecule has 88 valence electrons. The molecule has 0 radical (unpaired) electrons. The van der Waals surface area contributed by atoms with Crippen molar-refractivity contribution in [2.75, 3.05) is 17.2 Å². The van der Waals surface area contributed by atoms with Crippen molar-refractivity contribution < 1.29 is 0 Å². The zero-order valence-corrected chi connectivity index (χ0v) is 11.7. The molecule has 16 heavy (non-hydrogen) atoms. The number of nitrogens with two attached hydrogens (primary N) is 1. The van der Waals surface area contributed by atoms with E-state index < -0.39 is 0 Å². The molecule has 4 heteroatoms. The van der Waals surface area contributed by atoms with Crippen LogP contribution < -0.4 is 10.6 Å². The van der Waals surface area contributed by atoms with Crippen LogP contribution in [0, 0.1) is 0 Å². The molecule has 1 aliphatic heterocycles. The average Bonchev–Trinajstić information content (AvgIpc) is 2.19. The van der Waals surface area contributed by atoms with E-state index in [2.05, 4.69) is 27.8 Å². The van der Waals surface area contributed by atoms with Crippen LogP contribution in [-0.2, 0) is 0 Å². The minimum atomic E-state index is 0.523. The highest BCUT2D eigenvalue weighted by Gasteiger charge is 2.22. The maximum Gasteiger partial charge on any atom is 0.0792 e. The largest absolute Gasteiger partial charge is 0.397 e. The van der Waals surface area contributed by atoms with Crippen LogP contribution in [0.1, 0.15) is 26.2 Å². The van der Waals surface area contributed by atoms with Crippen LogP contribution in [0.5, 0.6) is 0 Å². The highest BCUT2D eigenvalue weighted by molar-refractivity contribution is 9.10. The smallest absolute Gasteiger partial charge is 0.0792 e. The summed E-state index contributed by atoms with van der Waals surface area (Å²) in [5.41, 5.74) is 7.81. The van der Waals surface area contributed by atoms with Gasteiger partial charge in [-0.3, -0.25) is 0 Å². The highest BCUT2D eigenvalue weighted by atomic mass is 79.9. The maximum atomic E-state index is 6.28. The van der Waals surface area contributed by atoms with Gasteiger partial charge in [0, 0.05) is 17.1 Å². The molecule has 0 unspecified atom stereocenters. The van der Waals surface area contributed by atoms with Gasteiger partial charge in [0.1, 0.15) is 0 Å². The number of benzene rings is 1. The molecule has 1 heterocycles. The Morgan fingerprint density at radius 1 is 1.44 bits per heavy atom. The first-order chi connectivity index (χ1) is 7.59. The van der Waals surface area contributed by atoms with Gasteiger partial charge < -0.3 is 10.6 Å². The second-order valence-electron chi connectivity index (χ2n) is 4.36. The number of nitrogens with zero attached hydrogens (tertiary/aromatic N) is 1. The quantitative estimate of drug-likeness (QED) is 0.793. The Hall–Kier alpha value is -0.410. The van der Waals surface area contributed by atoms with Crippen LogP contribution >= 0.6 is 27.5 Å². The molecule has 1 fully saturated rings. The van der Waals surface area contributed by atoms with E-state index in [0.717, 1.165) is 27.4 Å². The Bertz CT molecular complexity index is 372. The Morgan fingerprint density at radius 3 is 2.81 bits per heavy atom. The standard InChI is InChI=1S/C12H16BrClN2/c1-8-4-2-3-5-16(8)12-10(14)6-9(13)7-11(12)15/h6-8H,2-5,15H2,1H3/t8-/m1/s1. The van der Waals surface area contributed by atoms with Crippen molar-refractivity contribution in [2.45, 2.75) is 32.2 Å². The second-order valence-corrected chi connectivity index (χ2v) is 5.69. The zero-order chi connectivity index (χ0) is 11.7. The molecule has 2 rings (SSSR count). The van der Waals surface area contributed by atoms with E-state index in [4.69, 9.17) is 17.3 Å². The zero-order valence-electron chi connectivity index (χ0n) is 9.34. The summed E-state index contributed by atoms with van der Waals surface area (Å²) in [5, 5.41) is 0.737. The van der Waals surface area contributed by atoms with E-state index in [1.807, 2.05) is 12.1 Å². The number of nitrogen functional groups attached to an aromatic ring is 1. The molecule has 1 aromatic carbocycles. The van der Waals surface area contributed by atoms with Crippen molar-refractivity contribution in [3.63, 3.8) is 0 Å². The lowest BCUT2D eigenvalue weighted by molar-refractivity contribution is 0.485. The minimum absolute atomic E-state index is 0.523. The van der Waals surface area contributed by atoms with E-state index in [1.54, 1.807) is 0 Å². The Kier molecular flexibility index (Phi) is 3.65. The lowest BCUT2D eigenvalue weighted by Gasteiger charge is -2.36. The van der Waals surface area contributed by atoms with Gasteiger partial charge in [-0.1, -0.05) is 27.5 Å². The summed E-state index contributed by atoms with van der Waals surface area (Å²) in [6, 6.07) is 4.35.